The molecule has 2 aromatic rings. The quantitative estimate of drug-likeness (QED) is 0.311. The molecule has 0 N–H and O–H groups in total. The largest absolute Gasteiger partial charge is 0.491 e. The first-order valence-corrected chi connectivity index (χ1v) is 10.5. The van der Waals surface area contributed by atoms with Gasteiger partial charge in [0.2, 0.25) is 0 Å². The number of hydrogen-bond donors (Lipinski definition) is 0. The Kier molecular flexibility index (Phi) is 6.96. The van der Waals surface area contributed by atoms with E-state index in [2.05, 4.69) is 13.8 Å². The van der Waals surface area contributed by atoms with Crippen molar-refractivity contribution in [3.05, 3.63) is 74.4 Å². The molecule has 1 saturated heterocycles. The maximum absolute atomic E-state index is 12.5. The van der Waals surface area contributed by atoms with Gasteiger partial charge in [0.05, 0.1) is 17.5 Å². The van der Waals surface area contributed by atoms with Gasteiger partial charge >= 0.3 is 5.88 Å². The third-order valence-corrected chi connectivity index (χ3v) is 5.46. The van der Waals surface area contributed by atoms with Crippen LogP contribution in [-0.2, 0) is 4.79 Å². The van der Waals surface area contributed by atoms with Crippen LogP contribution in [0.25, 0.3) is 6.08 Å². The fourth-order valence-corrected chi connectivity index (χ4v) is 3.77. The van der Waals surface area contributed by atoms with Gasteiger partial charge in [0.25, 0.3) is 11.1 Å². The average molecular weight is 442 g/mol. The van der Waals surface area contributed by atoms with E-state index >= 15 is 0 Å². The molecule has 1 aliphatic rings. The van der Waals surface area contributed by atoms with Gasteiger partial charge in [0, 0.05) is 0 Å². The molecule has 1 aromatic heterocycles. The standard InChI is InChI=1S/C22H22N2O6S/c1-14(2)17-9-7-15(3)13-18(17)29-12-11-23-21(25)19(31-22(23)26)6-4-5-16-8-10-20(30-16)24(27)28/h4-10,13-14H,11-12H2,1-3H3/b5-4+,19-6-. The Labute approximate surface area is 183 Å². The molecule has 0 atom stereocenters. The Morgan fingerprint density at radius 1 is 1.26 bits per heavy atom. The van der Waals surface area contributed by atoms with E-state index < -0.39 is 10.8 Å². The van der Waals surface area contributed by atoms with E-state index in [4.69, 9.17) is 9.15 Å². The number of benzene rings is 1. The highest BCUT2D eigenvalue weighted by atomic mass is 32.2. The zero-order chi connectivity index (χ0) is 22.5. The maximum atomic E-state index is 12.5. The van der Waals surface area contributed by atoms with Crippen molar-refractivity contribution < 1.29 is 23.7 Å². The Balaban J connectivity index is 1.60. The van der Waals surface area contributed by atoms with Crippen LogP contribution in [-0.4, -0.2) is 34.1 Å². The molecule has 0 radical (unpaired) electrons. The Hall–Kier alpha value is -3.33. The zero-order valence-electron chi connectivity index (χ0n) is 17.4. The average Bonchev–Trinajstić information content (AvgIpc) is 3.28. The van der Waals surface area contributed by atoms with Gasteiger partial charge in [-0.1, -0.05) is 32.1 Å². The summed E-state index contributed by atoms with van der Waals surface area (Å²) in [5.74, 6) is 0.553. The highest BCUT2D eigenvalue weighted by molar-refractivity contribution is 8.18. The van der Waals surface area contributed by atoms with E-state index in [9.17, 15) is 19.7 Å². The predicted octanol–water partition coefficient (Wildman–Crippen LogP) is 5.29. The molecule has 3 rings (SSSR count). The molecular formula is C22H22N2O6S. The molecule has 0 spiro atoms. The number of nitro groups is 1. The van der Waals surface area contributed by atoms with Gasteiger partial charge in [-0.25, -0.2) is 0 Å². The van der Waals surface area contributed by atoms with Crippen molar-refractivity contribution in [3.8, 4) is 5.75 Å². The number of carbonyl (C=O) groups is 2. The SMILES string of the molecule is Cc1ccc(C(C)C)c(OCCN2C(=O)S/C(=C\C=C\c3ccc([N+](=O)[O-])o3)C2=O)c1. The summed E-state index contributed by atoms with van der Waals surface area (Å²) in [6.45, 7) is 6.47. The van der Waals surface area contributed by atoms with Crippen LogP contribution in [0.3, 0.4) is 0 Å². The van der Waals surface area contributed by atoms with E-state index in [0.717, 1.165) is 33.5 Å². The third kappa shape index (κ3) is 5.43. The molecule has 162 valence electrons. The van der Waals surface area contributed by atoms with E-state index in [-0.39, 0.29) is 40.9 Å². The number of nitrogens with zero attached hydrogens (tertiary/aromatic N) is 2. The second-order valence-corrected chi connectivity index (χ2v) is 8.19. The van der Waals surface area contributed by atoms with Crippen LogP contribution in [0.1, 0.15) is 36.7 Å². The molecule has 9 heteroatoms. The van der Waals surface area contributed by atoms with Crippen molar-refractivity contribution >= 4 is 34.9 Å². The molecule has 2 amide bonds. The summed E-state index contributed by atoms with van der Waals surface area (Å²) in [5.41, 5.74) is 2.14. The number of rotatable bonds is 8. The molecule has 1 aromatic carbocycles. The molecule has 1 aliphatic heterocycles. The lowest BCUT2D eigenvalue weighted by molar-refractivity contribution is -0.402. The number of amides is 2. The zero-order valence-corrected chi connectivity index (χ0v) is 18.2. The van der Waals surface area contributed by atoms with Gasteiger partial charge in [-0.15, -0.1) is 0 Å². The van der Waals surface area contributed by atoms with Gasteiger partial charge in [-0.3, -0.25) is 24.6 Å². The summed E-state index contributed by atoms with van der Waals surface area (Å²) in [6.07, 6.45) is 4.48. The Morgan fingerprint density at radius 3 is 2.71 bits per heavy atom. The summed E-state index contributed by atoms with van der Waals surface area (Å²) in [6, 6.07) is 8.69. The predicted molar refractivity (Wildman–Crippen MR) is 118 cm³/mol. The summed E-state index contributed by atoms with van der Waals surface area (Å²) < 4.78 is 10.9. The third-order valence-electron chi connectivity index (χ3n) is 4.54. The molecule has 0 aliphatic carbocycles. The minimum Gasteiger partial charge on any atom is -0.491 e. The monoisotopic (exact) mass is 442 g/mol. The van der Waals surface area contributed by atoms with E-state index in [1.54, 1.807) is 0 Å². The van der Waals surface area contributed by atoms with Crippen LogP contribution in [0.2, 0.25) is 0 Å². The fraction of sp³-hybridized carbons (Fsp3) is 0.273. The minimum absolute atomic E-state index is 0.140. The van der Waals surface area contributed by atoms with Gasteiger partial charge in [-0.05, 0) is 60.0 Å². The van der Waals surface area contributed by atoms with Crippen molar-refractivity contribution in [1.29, 1.82) is 0 Å². The van der Waals surface area contributed by atoms with Crippen LogP contribution in [0.4, 0.5) is 10.7 Å². The number of carbonyl (C=O) groups excluding carboxylic acids is 2. The number of thioether (sulfide) groups is 1. The van der Waals surface area contributed by atoms with Crippen molar-refractivity contribution in [2.24, 2.45) is 0 Å². The molecule has 0 unspecified atom stereocenters. The minimum atomic E-state index is -0.633. The second-order valence-electron chi connectivity index (χ2n) is 7.19. The number of furan rings is 1. The van der Waals surface area contributed by atoms with Crippen molar-refractivity contribution in [3.63, 3.8) is 0 Å². The number of ether oxygens (including phenoxy) is 1. The first-order chi connectivity index (χ1) is 14.8. The van der Waals surface area contributed by atoms with Gasteiger partial charge in [-0.2, -0.15) is 0 Å². The lowest BCUT2D eigenvalue weighted by atomic mass is 10.0. The van der Waals surface area contributed by atoms with Crippen LogP contribution >= 0.6 is 11.8 Å². The summed E-state index contributed by atoms with van der Waals surface area (Å²) >= 11 is 0.837. The molecule has 2 heterocycles. The van der Waals surface area contributed by atoms with E-state index in [1.165, 1.54) is 30.4 Å². The van der Waals surface area contributed by atoms with Crippen molar-refractivity contribution in [2.45, 2.75) is 26.7 Å². The Morgan fingerprint density at radius 2 is 2.03 bits per heavy atom. The number of hydrogen-bond acceptors (Lipinski definition) is 7. The Bertz CT molecular complexity index is 1070. The van der Waals surface area contributed by atoms with Crippen molar-refractivity contribution in [2.75, 3.05) is 13.2 Å². The van der Waals surface area contributed by atoms with E-state index in [1.807, 2.05) is 25.1 Å². The lowest BCUT2D eigenvalue weighted by Gasteiger charge is -2.17. The number of aryl methyl sites for hydroxylation is 1. The summed E-state index contributed by atoms with van der Waals surface area (Å²) in [7, 11) is 0. The lowest BCUT2D eigenvalue weighted by Crippen LogP contribution is -2.32. The van der Waals surface area contributed by atoms with Crippen molar-refractivity contribution in [1.82, 2.24) is 4.90 Å². The normalized spacial score (nSPS) is 15.6. The van der Waals surface area contributed by atoms with Gasteiger partial charge in [0.1, 0.15) is 23.0 Å². The smallest absolute Gasteiger partial charge is 0.433 e. The summed E-state index contributed by atoms with van der Waals surface area (Å²) in [5, 5.41) is 10.3. The fourth-order valence-electron chi connectivity index (χ4n) is 2.96. The molecule has 0 saturated carbocycles. The van der Waals surface area contributed by atoms with Gasteiger partial charge in [0.15, 0.2) is 0 Å². The van der Waals surface area contributed by atoms with Crippen LogP contribution < -0.4 is 4.74 Å². The molecule has 31 heavy (non-hydrogen) atoms. The molecule has 8 nitrogen and oxygen atoms in total. The highest BCUT2D eigenvalue weighted by Crippen LogP contribution is 2.31. The first kappa shape index (κ1) is 22.4. The topological polar surface area (TPSA) is 103 Å². The second kappa shape index (κ2) is 9.65. The summed E-state index contributed by atoms with van der Waals surface area (Å²) in [4.78, 5) is 36.2. The molecule has 0 bridgehead atoms. The van der Waals surface area contributed by atoms with E-state index in [0.29, 0.717) is 0 Å². The number of imide groups is 1. The van der Waals surface area contributed by atoms with Crippen LogP contribution in [0, 0.1) is 17.0 Å². The maximum Gasteiger partial charge on any atom is 0.433 e. The highest BCUT2D eigenvalue weighted by Gasteiger charge is 2.34. The molecular weight excluding hydrogens is 420 g/mol. The van der Waals surface area contributed by atoms with Crippen LogP contribution in [0.5, 0.6) is 5.75 Å². The van der Waals surface area contributed by atoms with Crippen LogP contribution in [0.15, 0.2) is 51.8 Å². The number of allylic oxidation sites excluding steroid dienone is 2. The first-order valence-electron chi connectivity index (χ1n) is 9.66. The molecule has 1 fully saturated rings. The van der Waals surface area contributed by atoms with Gasteiger partial charge < -0.3 is 9.15 Å².